The van der Waals surface area contributed by atoms with E-state index in [4.69, 9.17) is 0 Å². The Kier molecular flexibility index (Phi) is 2.52. The second-order valence-corrected chi connectivity index (χ2v) is 5.21. The maximum atomic E-state index is 4.11. The third-order valence-electron chi connectivity index (χ3n) is 2.90. The zero-order chi connectivity index (χ0) is 10.9. The lowest BCUT2D eigenvalue weighted by atomic mass is 9.74. The topological polar surface area (TPSA) is 0 Å². The van der Waals surface area contributed by atoms with Crippen molar-refractivity contribution < 1.29 is 0 Å². The summed E-state index contributed by atoms with van der Waals surface area (Å²) < 4.78 is 0. The second kappa shape index (κ2) is 3.69. The molecule has 1 aliphatic rings. The molecule has 0 heterocycles. The van der Waals surface area contributed by atoms with E-state index in [-0.39, 0.29) is 0 Å². The molecule has 0 N–H and O–H groups in total. The summed E-state index contributed by atoms with van der Waals surface area (Å²) in [7, 11) is 0. The van der Waals surface area contributed by atoms with E-state index in [1.54, 1.807) is 0 Å². The predicted molar refractivity (Wildman–Crippen MR) is 66.6 cm³/mol. The number of hydrogen-bond donors (Lipinski definition) is 0. The van der Waals surface area contributed by atoms with Crippen LogP contribution in [0.15, 0.2) is 48.6 Å². The Morgan fingerprint density at radius 2 is 1.73 bits per heavy atom. The van der Waals surface area contributed by atoms with Crippen LogP contribution in [0.3, 0.4) is 0 Å². The SMILES string of the molecule is C=C1C=C(c2ccccc2)CC(C)(C)C1. The smallest absolute Gasteiger partial charge is 0.0218 e. The summed E-state index contributed by atoms with van der Waals surface area (Å²) in [5, 5.41) is 0. The molecule has 1 aromatic rings. The van der Waals surface area contributed by atoms with Crippen LogP contribution < -0.4 is 0 Å². The Labute approximate surface area is 92.3 Å². The van der Waals surface area contributed by atoms with Crippen LogP contribution in [0.5, 0.6) is 0 Å². The Morgan fingerprint density at radius 3 is 2.33 bits per heavy atom. The fraction of sp³-hybridized carbons (Fsp3) is 0.333. The summed E-state index contributed by atoms with van der Waals surface area (Å²) in [5.41, 5.74) is 4.38. The van der Waals surface area contributed by atoms with Gasteiger partial charge in [-0.05, 0) is 29.4 Å². The zero-order valence-electron chi connectivity index (χ0n) is 9.59. The van der Waals surface area contributed by atoms with Gasteiger partial charge in [-0.3, -0.25) is 0 Å². The molecule has 0 radical (unpaired) electrons. The summed E-state index contributed by atoms with van der Waals surface area (Å²) in [5.74, 6) is 0. The highest BCUT2D eigenvalue weighted by atomic mass is 14.3. The molecule has 15 heavy (non-hydrogen) atoms. The molecule has 0 spiro atoms. The monoisotopic (exact) mass is 198 g/mol. The van der Waals surface area contributed by atoms with E-state index in [0.29, 0.717) is 5.41 Å². The third-order valence-corrected chi connectivity index (χ3v) is 2.90. The molecule has 0 nitrogen and oxygen atoms in total. The molecule has 1 aromatic carbocycles. The van der Waals surface area contributed by atoms with Crippen LogP contribution in [0.2, 0.25) is 0 Å². The quantitative estimate of drug-likeness (QED) is 0.625. The molecule has 0 saturated carbocycles. The van der Waals surface area contributed by atoms with E-state index in [1.807, 2.05) is 0 Å². The minimum absolute atomic E-state index is 0.358. The normalized spacial score (nSPS) is 19.9. The highest BCUT2D eigenvalue weighted by molar-refractivity contribution is 5.69. The van der Waals surface area contributed by atoms with Crippen molar-refractivity contribution in [3.63, 3.8) is 0 Å². The van der Waals surface area contributed by atoms with E-state index < -0.39 is 0 Å². The summed E-state index contributed by atoms with van der Waals surface area (Å²) in [4.78, 5) is 0. The van der Waals surface area contributed by atoms with Crippen molar-refractivity contribution in [1.82, 2.24) is 0 Å². The van der Waals surface area contributed by atoms with Crippen molar-refractivity contribution in [1.29, 1.82) is 0 Å². The highest BCUT2D eigenvalue weighted by Crippen LogP contribution is 2.40. The van der Waals surface area contributed by atoms with Crippen LogP contribution >= 0.6 is 0 Å². The Bertz CT molecular complexity index is 393. The molecular weight excluding hydrogens is 180 g/mol. The minimum Gasteiger partial charge on any atom is -0.0958 e. The van der Waals surface area contributed by atoms with Crippen LogP contribution in [0.1, 0.15) is 32.3 Å². The van der Waals surface area contributed by atoms with Crippen molar-refractivity contribution in [3.8, 4) is 0 Å². The molecule has 0 amide bonds. The molecule has 0 fully saturated rings. The molecule has 0 aliphatic heterocycles. The maximum absolute atomic E-state index is 4.11. The van der Waals surface area contributed by atoms with Gasteiger partial charge in [0.2, 0.25) is 0 Å². The average Bonchev–Trinajstić information content (AvgIpc) is 2.16. The molecule has 0 aromatic heterocycles. The molecule has 0 atom stereocenters. The van der Waals surface area contributed by atoms with Gasteiger partial charge in [-0.2, -0.15) is 0 Å². The largest absolute Gasteiger partial charge is 0.0958 e. The average molecular weight is 198 g/mol. The van der Waals surface area contributed by atoms with Gasteiger partial charge in [-0.25, -0.2) is 0 Å². The van der Waals surface area contributed by atoms with E-state index in [1.165, 1.54) is 16.7 Å². The minimum atomic E-state index is 0.358. The number of hydrogen-bond acceptors (Lipinski definition) is 0. The van der Waals surface area contributed by atoms with Crippen molar-refractivity contribution in [2.75, 3.05) is 0 Å². The third kappa shape index (κ3) is 2.38. The zero-order valence-corrected chi connectivity index (χ0v) is 9.59. The first-order valence-electron chi connectivity index (χ1n) is 5.51. The first-order chi connectivity index (χ1) is 7.07. The lowest BCUT2D eigenvalue weighted by molar-refractivity contribution is 0.370. The van der Waals surface area contributed by atoms with E-state index >= 15 is 0 Å². The Hall–Kier alpha value is -1.30. The summed E-state index contributed by atoms with van der Waals surface area (Å²) >= 11 is 0. The molecule has 1 aliphatic carbocycles. The molecule has 0 heteroatoms. The van der Waals surface area contributed by atoms with Crippen molar-refractivity contribution >= 4 is 5.57 Å². The van der Waals surface area contributed by atoms with Gasteiger partial charge in [0.1, 0.15) is 0 Å². The van der Waals surface area contributed by atoms with Gasteiger partial charge in [0.05, 0.1) is 0 Å². The first-order valence-corrected chi connectivity index (χ1v) is 5.51. The molecule has 2 rings (SSSR count). The fourth-order valence-corrected chi connectivity index (χ4v) is 2.38. The maximum Gasteiger partial charge on any atom is -0.0218 e. The number of benzene rings is 1. The van der Waals surface area contributed by atoms with Crippen molar-refractivity contribution in [2.45, 2.75) is 26.7 Å². The Balaban J connectivity index is 2.35. The van der Waals surface area contributed by atoms with Gasteiger partial charge in [0.15, 0.2) is 0 Å². The highest BCUT2D eigenvalue weighted by Gasteiger charge is 2.24. The van der Waals surface area contributed by atoms with Gasteiger partial charge in [-0.1, -0.05) is 62.4 Å². The summed E-state index contributed by atoms with van der Waals surface area (Å²) in [6, 6.07) is 10.6. The first kappa shape index (κ1) is 10.2. The van der Waals surface area contributed by atoms with Gasteiger partial charge in [0.25, 0.3) is 0 Å². The number of allylic oxidation sites excluding steroid dienone is 3. The molecule has 78 valence electrons. The van der Waals surface area contributed by atoms with Gasteiger partial charge in [-0.15, -0.1) is 0 Å². The Morgan fingerprint density at radius 1 is 1.07 bits per heavy atom. The predicted octanol–water partition coefficient (Wildman–Crippen LogP) is 4.45. The molecule has 0 saturated heterocycles. The van der Waals surface area contributed by atoms with Crippen LogP contribution in [0, 0.1) is 5.41 Å². The molecule has 0 unspecified atom stereocenters. The summed E-state index contributed by atoms with van der Waals surface area (Å²) in [6.45, 7) is 8.74. The van der Waals surface area contributed by atoms with Gasteiger partial charge >= 0.3 is 0 Å². The summed E-state index contributed by atoms with van der Waals surface area (Å²) in [6.07, 6.45) is 4.51. The van der Waals surface area contributed by atoms with Crippen molar-refractivity contribution in [3.05, 3.63) is 54.1 Å². The van der Waals surface area contributed by atoms with Crippen molar-refractivity contribution in [2.24, 2.45) is 5.41 Å². The van der Waals surface area contributed by atoms with E-state index in [9.17, 15) is 0 Å². The fourth-order valence-electron chi connectivity index (χ4n) is 2.38. The van der Waals surface area contributed by atoms with E-state index in [0.717, 1.165) is 12.8 Å². The van der Waals surface area contributed by atoms with Gasteiger partial charge < -0.3 is 0 Å². The lowest BCUT2D eigenvalue weighted by Crippen LogP contribution is -2.16. The van der Waals surface area contributed by atoms with Crippen LogP contribution in [0.4, 0.5) is 0 Å². The standard InChI is InChI=1S/C15H18/c1-12-9-14(11-15(2,3)10-12)13-7-5-4-6-8-13/h4-9H,1,10-11H2,2-3H3. The van der Waals surface area contributed by atoms with Crippen LogP contribution in [0.25, 0.3) is 5.57 Å². The van der Waals surface area contributed by atoms with Crippen LogP contribution in [-0.2, 0) is 0 Å². The van der Waals surface area contributed by atoms with Gasteiger partial charge in [0, 0.05) is 0 Å². The lowest BCUT2D eigenvalue weighted by Gasteiger charge is -2.31. The number of rotatable bonds is 1. The van der Waals surface area contributed by atoms with Crippen LogP contribution in [-0.4, -0.2) is 0 Å². The molecular formula is C15H18. The second-order valence-electron chi connectivity index (χ2n) is 5.21. The van der Waals surface area contributed by atoms with E-state index in [2.05, 4.69) is 56.8 Å². The molecule has 0 bridgehead atoms.